The molecule has 1 rings (SSSR count). The number of aliphatic imine (C=N–C) groups is 1. The molecular formula is C15H24N2O4. The number of allylic oxidation sites excluding steroid dienone is 2. The number of hydrogen-bond donors (Lipinski definition) is 3. The van der Waals surface area contributed by atoms with E-state index in [-0.39, 0.29) is 17.0 Å². The molecule has 0 unspecified atom stereocenters. The number of nitrogens with zero attached hydrogens (tertiary/aromatic N) is 1. The highest BCUT2D eigenvalue weighted by Crippen LogP contribution is 2.36. The van der Waals surface area contributed by atoms with E-state index in [1.165, 1.54) is 0 Å². The van der Waals surface area contributed by atoms with Gasteiger partial charge in [0.05, 0.1) is 5.57 Å². The fraction of sp³-hybridized carbons (Fsp3) is 0.667. The maximum Gasteiger partial charge on any atom is 0.320 e. The van der Waals surface area contributed by atoms with Crippen molar-refractivity contribution in [3.63, 3.8) is 0 Å². The third-order valence-corrected chi connectivity index (χ3v) is 3.55. The van der Waals surface area contributed by atoms with Crippen LogP contribution in [0.1, 0.15) is 46.5 Å². The molecule has 4 N–H and O–H groups in total. The standard InChI is InChI=1S/C15H24N2O4/c1-9(17-6-4-5-10(16)14(20)21)13-11(18)7-15(2,3)8-12(13)19/h10,18H,4-8,16H2,1-3H3,(H,20,21)/t10-/m1/s1. The largest absolute Gasteiger partial charge is 0.511 e. The zero-order chi connectivity index (χ0) is 16.2. The molecule has 1 atom stereocenters. The molecule has 0 heterocycles. The van der Waals surface area contributed by atoms with Crippen molar-refractivity contribution in [1.82, 2.24) is 0 Å². The Hall–Kier alpha value is -1.69. The second-order valence-electron chi connectivity index (χ2n) is 6.32. The molecule has 1 aliphatic rings. The topological polar surface area (TPSA) is 113 Å². The number of aliphatic hydroxyl groups excluding tert-OH is 1. The van der Waals surface area contributed by atoms with Crippen LogP contribution in [-0.2, 0) is 9.59 Å². The smallest absolute Gasteiger partial charge is 0.320 e. The Morgan fingerprint density at radius 3 is 2.57 bits per heavy atom. The average molecular weight is 296 g/mol. The Kier molecular flexibility index (Phi) is 5.66. The van der Waals surface area contributed by atoms with Crippen molar-refractivity contribution >= 4 is 17.5 Å². The maximum absolute atomic E-state index is 12.1. The molecule has 1 aliphatic carbocycles. The van der Waals surface area contributed by atoms with Gasteiger partial charge in [-0.3, -0.25) is 14.6 Å². The average Bonchev–Trinajstić information content (AvgIpc) is 2.31. The van der Waals surface area contributed by atoms with Crippen LogP contribution in [0.4, 0.5) is 0 Å². The second-order valence-corrected chi connectivity index (χ2v) is 6.32. The molecule has 6 nitrogen and oxygen atoms in total. The number of nitrogens with two attached hydrogens (primary N) is 1. The van der Waals surface area contributed by atoms with Crippen molar-refractivity contribution in [1.29, 1.82) is 0 Å². The van der Waals surface area contributed by atoms with Gasteiger partial charge in [0.2, 0.25) is 0 Å². The summed E-state index contributed by atoms with van der Waals surface area (Å²) in [6, 6.07) is -0.884. The van der Waals surface area contributed by atoms with E-state index < -0.39 is 12.0 Å². The molecule has 0 fully saturated rings. The number of carboxylic acid groups (broad SMARTS) is 1. The fourth-order valence-electron chi connectivity index (χ4n) is 2.46. The molecule has 0 aromatic rings. The molecule has 0 radical (unpaired) electrons. The number of rotatable bonds is 6. The normalized spacial score (nSPS) is 20.6. The summed E-state index contributed by atoms with van der Waals surface area (Å²) in [6.07, 6.45) is 1.71. The van der Waals surface area contributed by atoms with E-state index >= 15 is 0 Å². The van der Waals surface area contributed by atoms with Gasteiger partial charge in [-0.15, -0.1) is 0 Å². The van der Waals surface area contributed by atoms with Crippen LogP contribution in [0.25, 0.3) is 0 Å². The first-order valence-corrected chi connectivity index (χ1v) is 7.09. The van der Waals surface area contributed by atoms with E-state index in [1.54, 1.807) is 6.92 Å². The molecule has 0 saturated carbocycles. The summed E-state index contributed by atoms with van der Waals surface area (Å²) < 4.78 is 0. The minimum absolute atomic E-state index is 0.0905. The van der Waals surface area contributed by atoms with Gasteiger partial charge in [-0.25, -0.2) is 0 Å². The summed E-state index contributed by atoms with van der Waals surface area (Å²) >= 11 is 0. The van der Waals surface area contributed by atoms with E-state index in [9.17, 15) is 14.7 Å². The molecule has 21 heavy (non-hydrogen) atoms. The van der Waals surface area contributed by atoms with Gasteiger partial charge >= 0.3 is 5.97 Å². The third-order valence-electron chi connectivity index (χ3n) is 3.55. The lowest BCUT2D eigenvalue weighted by atomic mass is 9.76. The Labute approximate surface area is 124 Å². The van der Waals surface area contributed by atoms with Crippen molar-refractivity contribution in [2.45, 2.75) is 52.5 Å². The SMILES string of the molecule is CC(=NCCC[C@@H](N)C(=O)O)C1=C(O)CC(C)(C)CC1=O. The number of aliphatic carboxylic acids is 1. The van der Waals surface area contributed by atoms with Crippen LogP contribution < -0.4 is 5.73 Å². The van der Waals surface area contributed by atoms with Crippen LogP contribution in [0.3, 0.4) is 0 Å². The van der Waals surface area contributed by atoms with Gasteiger partial charge in [0.1, 0.15) is 11.8 Å². The number of carboxylic acids is 1. The summed E-state index contributed by atoms with van der Waals surface area (Å²) in [5, 5.41) is 18.7. The first-order chi connectivity index (χ1) is 9.64. The lowest BCUT2D eigenvalue weighted by molar-refractivity contribution is -0.138. The highest BCUT2D eigenvalue weighted by atomic mass is 16.4. The summed E-state index contributed by atoms with van der Waals surface area (Å²) in [4.78, 5) is 26.9. The molecule has 6 heteroatoms. The minimum Gasteiger partial charge on any atom is -0.511 e. The van der Waals surface area contributed by atoms with Crippen LogP contribution in [0.2, 0.25) is 0 Å². The van der Waals surface area contributed by atoms with Crippen LogP contribution >= 0.6 is 0 Å². The van der Waals surface area contributed by atoms with Gasteiger partial charge < -0.3 is 15.9 Å². The van der Waals surface area contributed by atoms with Gasteiger partial charge in [-0.1, -0.05) is 13.8 Å². The second kappa shape index (κ2) is 6.85. The van der Waals surface area contributed by atoms with Gasteiger partial charge in [-0.05, 0) is 25.2 Å². The Bertz CT molecular complexity index is 492. The molecule has 0 amide bonds. The molecule has 0 saturated heterocycles. The number of carbonyl (C=O) groups excluding carboxylic acids is 1. The van der Waals surface area contributed by atoms with Gasteiger partial charge in [0, 0.05) is 25.1 Å². The molecule has 0 spiro atoms. The first kappa shape index (κ1) is 17.4. The predicted molar refractivity (Wildman–Crippen MR) is 80.5 cm³/mol. The van der Waals surface area contributed by atoms with Crippen molar-refractivity contribution in [3.05, 3.63) is 11.3 Å². The van der Waals surface area contributed by atoms with Crippen molar-refractivity contribution < 1.29 is 19.8 Å². The third kappa shape index (κ3) is 4.97. The predicted octanol–water partition coefficient (Wildman–Crippen LogP) is 1.84. The Morgan fingerprint density at radius 2 is 2.05 bits per heavy atom. The molecular weight excluding hydrogens is 272 g/mol. The summed E-state index contributed by atoms with van der Waals surface area (Å²) in [5.74, 6) is -1.02. The summed E-state index contributed by atoms with van der Waals surface area (Å²) in [5.41, 5.74) is 6.00. The van der Waals surface area contributed by atoms with Crippen LogP contribution in [0.15, 0.2) is 16.3 Å². The highest BCUT2D eigenvalue weighted by Gasteiger charge is 2.33. The van der Waals surface area contributed by atoms with E-state index in [1.807, 2.05) is 13.8 Å². The Balaban J connectivity index is 2.66. The van der Waals surface area contributed by atoms with Gasteiger partial charge in [-0.2, -0.15) is 0 Å². The number of hydrogen-bond acceptors (Lipinski definition) is 5. The zero-order valence-electron chi connectivity index (χ0n) is 12.8. The van der Waals surface area contributed by atoms with E-state index in [2.05, 4.69) is 4.99 Å². The monoisotopic (exact) mass is 296 g/mol. The lowest BCUT2D eigenvalue weighted by Crippen LogP contribution is -2.30. The van der Waals surface area contributed by atoms with Crippen molar-refractivity contribution in [3.8, 4) is 0 Å². The molecule has 118 valence electrons. The number of carbonyl (C=O) groups is 2. The summed E-state index contributed by atoms with van der Waals surface area (Å²) in [7, 11) is 0. The van der Waals surface area contributed by atoms with Crippen molar-refractivity contribution in [2.24, 2.45) is 16.1 Å². The van der Waals surface area contributed by atoms with Crippen molar-refractivity contribution in [2.75, 3.05) is 6.54 Å². The molecule has 0 aliphatic heterocycles. The fourth-order valence-corrected chi connectivity index (χ4v) is 2.46. The Morgan fingerprint density at radius 1 is 1.43 bits per heavy atom. The maximum atomic E-state index is 12.1. The molecule has 0 aromatic carbocycles. The van der Waals surface area contributed by atoms with Crippen LogP contribution in [0, 0.1) is 5.41 Å². The number of ketones is 1. The summed E-state index contributed by atoms with van der Waals surface area (Å²) in [6.45, 7) is 5.97. The quantitative estimate of drug-likeness (QED) is 0.511. The van der Waals surface area contributed by atoms with Crippen LogP contribution in [0.5, 0.6) is 0 Å². The minimum atomic E-state index is -1.03. The number of Topliss-reactive ketones (excluding diaryl/α,β-unsaturated/α-hetero) is 1. The molecule has 0 bridgehead atoms. The zero-order valence-corrected chi connectivity index (χ0v) is 12.8. The van der Waals surface area contributed by atoms with E-state index in [0.29, 0.717) is 43.5 Å². The number of aliphatic hydroxyl groups is 1. The van der Waals surface area contributed by atoms with Crippen LogP contribution in [-0.4, -0.2) is 40.3 Å². The lowest BCUT2D eigenvalue weighted by Gasteiger charge is -2.29. The van der Waals surface area contributed by atoms with E-state index in [0.717, 1.165) is 0 Å². The van der Waals surface area contributed by atoms with E-state index in [4.69, 9.17) is 10.8 Å². The van der Waals surface area contributed by atoms with Gasteiger partial charge in [0.15, 0.2) is 5.78 Å². The highest BCUT2D eigenvalue weighted by molar-refractivity contribution is 6.22. The van der Waals surface area contributed by atoms with Gasteiger partial charge in [0.25, 0.3) is 0 Å². The molecule has 0 aromatic heterocycles. The first-order valence-electron chi connectivity index (χ1n) is 7.09.